The molecule has 0 aliphatic carbocycles. The second-order valence-corrected chi connectivity index (χ2v) is 9.57. The van der Waals surface area contributed by atoms with Crippen LogP contribution < -0.4 is 9.62 Å². The van der Waals surface area contributed by atoms with Crippen LogP contribution in [0.15, 0.2) is 30.7 Å². The Labute approximate surface area is 194 Å². The molecule has 0 amide bonds. The van der Waals surface area contributed by atoms with Crippen molar-refractivity contribution in [2.24, 2.45) is 0 Å². The van der Waals surface area contributed by atoms with E-state index in [0.717, 1.165) is 18.9 Å². The largest absolute Gasteiger partial charge is 0.598 e. The summed E-state index contributed by atoms with van der Waals surface area (Å²) in [6, 6.07) is 5.20. The predicted octanol–water partition coefficient (Wildman–Crippen LogP) is 2.29. The molecule has 4 heterocycles. The highest BCUT2D eigenvalue weighted by Crippen LogP contribution is 2.27. The quantitative estimate of drug-likeness (QED) is 0.517. The third-order valence-corrected chi connectivity index (χ3v) is 6.62. The topological polar surface area (TPSA) is 97.5 Å². The van der Waals surface area contributed by atoms with Crippen molar-refractivity contribution in [3.8, 4) is 11.4 Å². The van der Waals surface area contributed by atoms with Gasteiger partial charge in [-0.05, 0) is 32.9 Å². The first-order valence-corrected chi connectivity index (χ1v) is 12.4. The van der Waals surface area contributed by atoms with E-state index in [9.17, 15) is 13.3 Å². The molecular weight excluding hydrogens is 450 g/mol. The Balaban J connectivity index is 1.65. The third-order valence-electron chi connectivity index (χ3n) is 6.05. The van der Waals surface area contributed by atoms with E-state index in [1.807, 2.05) is 6.07 Å². The molecule has 1 aliphatic heterocycles. The number of alkyl halides is 2. The molecule has 3 aromatic rings. The molecule has 1 aliphatic rings. The zero-order chi connectivity index (χ0) is 23.7. The molecule has 4 rings (SSSR count). The van der Waals surface area contributed by atoms with Gasteiger partial charge in [0.15, 0.2) is 5.65 Å². The lowest BCUT2D eigenvalue weighted by Crippen LogP contribution is -2.63. The van der Waals surface area contributed by atoms with Gasteiger partial charge in [-0.3, -0.25) is 4.90 Å². The molecule has 0 radical (unpaired) electrons. The molecule has 3 atom stereocenters. The van der Waals surface area contributed by atoms with Crippen molar-refractivity contribution < 1.29 is 13.3 Å². The minimum Gasteiger partial charge on any atom is -0.598 e. The Kier molecular flexibility index (Phi) is 7.07. The van der Waals surface area contributed by atoms with Gasteiger partial charge in [-0.1, -0.05) is 0 Å². The Morgan fingerprint density at radius 1 is 1.21 bits per heavy atom. The molecule has 1 fully saturated rings. The summed E-state index contributed by atoms with van der Waals surface area (Å²) >= 11 is -1.10. The summed E-state index contributed by atoms with van der Waals surface area (Å²) in [6.45, 7) is 8.64. The summed E-state index contributed by atoms with van der Waals surface area (Å²) in [5.74, 6) is 0.735. The number of nitrogens with one attached hydrogen (secondary N) is 1. The maximum absolute atomic E-state index is 13.2. The second kappa shape index (κ2) is 9.84. The van der Waals surface area contributed by atoms with E-state index >= 15 is 0 Å². The zero-order valence-electron chi connectivity index (χ0n) is 19.0. The number of piperazine rings is 1. The molecule has 0 spiro atoms. The molecule has 0 saturated carbocycles. The first-order chi connectivity index (χ1) is 15.8. The van der Waals surface area contributed by atoms with Crippen molar-refractivity contribution in [3.63, 3.8) is 0 Å². The monoisotopic (exact) mass is 478 g/mol. The molecular formula is C21H28F2N8OS. The number of halogens is 2. The molecule has 9 nitrogen and oxygen atoms in total. The Hall–Kier alpha value is -2.41. The standard InChI is InChI=1S/C21H28F2N8OS/c1-13(2)29-7-8-30(14(3)17(29)11-27-33(4)32)20-9-16(25-12-26-20)18-10-24-19-6-5-15(21(22)23)28-31(18)19/h5-6,9-10,12-14,17,21,27H,7-8,11H2,1-4H3. The van der Waals surface area contributed by atoms with Crippen molar-refractivity contribution in [2.45, 2.75) is 45.3 Å². The van der Waals surface area contributed by atoms with Crippen molar-refractivity contribution >= 4 is 22.8 Å². The van der Waals surface area contributed by atoms with Crippen LogP contribution in [0, 0.1) is 0 Å². The molecule has 1 saturated heterocycles. The molecule has 3 unspecified atom stereocenters. The van der Waals surface area contributed by atoms with Crippen LogP contribution in [0.25, 0.3) is 17.0 Å². The van der Waals surface area contributed by atoms with Crippen LogP contribution in [0.5, 0.6) is 0 Å². The van der Waals surface area contributed by atoms with Gasteiger partial charge in [-0.2, -0.15) is 5.10 Å². The Bertz CT molecular complexity index is 1100. The van der Waals surface area contributed by atoms with Gasteiger partial charge in [0.1, 0.15) is 29.8 Å². The van der Waals surface area contributed by atoms with Gasteiger partial charge in [0.05, 0.1) is 18.4 Å². The van der Waals surface area contributed by atoms with Crippen molar-refractivity contribution in [1.82, 2.24) is 34.2 Å². The third kappa shape index (κ3) is 4.93. The lowest BCUT2D eigenvalue weighted by Gasteiger charge is -2.48. The van der Waals surface area contributed by atoms with Crippen LogP contribution in [-0.2, 0) is 11.4 Å². The predicted molar refractivity (Wildman–Crippen MR) is 123 cm³/mol. The fraction of sp³-hybridized carbons (Fsp3) is 0.524. The summed E-state index contributed by atoms with van der Waals surface area (Å²) in [4.78, 5) is 17.7. The molecule has 178 valence electrons. The van der Waals surface area contributed by atoms with Crippen LogP contribution in [0.1, 0.15) is 32.9 Å². The highest BCUT2D eigenvalue weighted by Gasteiger charge is 2.36. The molecule has 1 N–H and O–H groups in total. The number of nitrogens with zero attached hydrogens (tertiary/aromatic N) is 7. The van der Waals surface area contributed by atoms with Gasteiger partial charge < -0.3 is 9.45 Å². The smallest absolute Gasteiger partial charge is 0.282 e. The van der Waals surface area contributed by atoms with Crippen molar-refractivity contribution in [3.05, 3.63) is 36.4 Å². The number of aromatic nitrogens is 5. The fourth-order valence-corrected chi connectivity index (χ4v) is 4.76. The van der Waals surface area contributed by atoms with Crippen molar-refractivity contribution in [1.29, 1.82) is 0 Å². The molecule has 12 heteroatoms. The number of hydrogen-bond donors (Lipinski definition) is 1. The van der Waals surface area contributed by atoms with E-state index in [1.54, 1.807) is 12.5 Å². The van der Waals surface area contributed by atoms with Crippen LogP contribution in [0.2, 0.25) is 0 Å². The molecule has 33 heavy (non-hydrogen) atoms. The number of fused-ring (bicyclic) bond motifs is 1. The van der Waals surface area contributed by atoms with Gasteiger partial charge in [0.25, 0.3) is 6.43 Å². The zero-order valence-corrected chi connectivity index (χ0v) is 19.8. The maximum atomic E-state index is 13.2. The highest BCUT2D eigenvalue weighted by molar-refractivity contribution is 7.88. The van der Waals surface area contributed by atoms with Gasteiger partial charge >= 0.3 is 0 Å². The van der Waals surface area contributed by atoms with E-state index in [-0.39, 0.29) is 17.8 Å². The highest BCUT2D eigenvalue weighted by atomic mass is 32.2. The van der Waals surface area contributed by atoms with Gasteiger partial charge in [0.2, 0.25) is 0 Å². The fourth-order valence-electron chi connectivity index (χ4n) is 4.36. The number of anilines is 1. The normalized spacial score (nSPS) is 20.8. The summed E-state index contributed by atoms with van der Waals surface area (Å²) in [6.07, 6.45) is 2.00. The summed E-state index contributed by atoms with van der Waals surface area (Å²) in [7, 11) is 0. The summed E-state index contributed by atoms with van der Waals surface area (Å²) in [5, 5.41) is 4.04. The van der Waals surface area contributed by atoms with E-state index < -0.39 is 17.8 Å². The van der Waals surface area contributed by atoms with E-state index in [4.69, 9.17) is 0 Å². The molecule has 0 aromatic carbocycles. The Morgan fingerprint density at radius 3 is 2.70 bits per heavy atom. The van der Waals surface area contributed by atoms with E-state index in [2.05, 4.69) is 55.3 Å². The molecule has 3 aromatic heterocycles. The minimum atomic E-state index is -2.67. The first-order valence-electron chi connectivity index (χ1n) is 10.8. The van der Waals surface area contributed by atoms with E-state index in [1.165, 1.54) is 23.0 Å². The van der Waals surface area contributed by atoms with Crippen LogP contribution in [0.3, 0.4) is 0 Å². The number of rotatable bonds is 7. The van der Waals surface area contributed by atoms with Crippen LogP contribution >= 0.6 is 0 Å². The van der Waals surface area contributed by atoms with Gasteiger partial charge in [-0.25, -0.2) is 28.2 Å². The number of imidazole rings is 1. The Morgan fingerprint density at radius 2 is 2.00 bits per heavy atom. The lowest BCUT2D eigenvalue weighted by molar-refractivity contribution is 0.112. The minimum absolute atomic E-state index is 0.0886. The van der Waals surface area contributed by atoms with Crippen LogP contribution in [0.4, 0.5) is 14.6 Å². The maximum Gasteiger partial charge on any atom is 0.282 e. The summed E-state index contributed by atoms with van der Waals surface area (Å²) in [5.41, 5.74) is 1.21. The molecule has 0 bridgehead atoms. The lowest BCUT2D eigenvalue weighted by atomic mass is 10.0. The van der Waals surface area contributed by atoms with Gasteiger partial charge in [0, 0.05) is 48.6 Å². The number of hydrogen-bond acceptors (Lipinski definition) is 8. The average Bonchev–Trinajstić information content (AvgIpc) is 3.21. The van der Waals surface area contributed by atoms with E-state index in [0.29, 0.717) is 29.6 Å². The second-order valence-electron chi connectivity index (χ2n) is 8.37. The first kappa shape index (κ1) is 23.7. The SMILES string of the molecule is CC1C(CN[S+](C)[O-])N(C(C)C)CCN1c1cc(-c2cnc3ccc(C(F)F)nn23)ncn1. The summed E-state index contributed by atoms with van der Waals surface area (Å²) < 4.78 is 42.4. The van der Waals surface area contributed by atoms with Crippen molar-refractivity contribution in [2.75, 3.05) is 30.8 Å². The van der Waals surface area contributed by atoms with Gasteiger partial charge in [-0.15, -0.1) is 4.72 Å². The van der Waals surface area contributed by atoms with Crippen LogP contribution in [-0.4, -0.2) is 78.0 Å². The average molecular weight is 479 g/mol.